The molecule has 0 fully saturated rings. The molecular weight excluding hydrogens is 244 g/mol. The van der Waals surface area contributed by atoms with Crippen molar-refractivity contribution in [3.05, 3.63) is 0 Å². The maximum absolute atomic E-state index is 10.9. The van der Waals surface area contributed by atoms with Crippen molar-refractivity contribution in [2.75, 3.05) is 30.1 Å². The molecule has 0 aliphatic heterocycles. The van der Waals surface area contributed by atoms with E-state index in [4.69, 9.17) is 5.26 Å². The van der Waals surface area contributed by atoms with E-state index >= 15 is 0 Å². The third-order valence-electron chi connectivity index (χ3n) is 2.16. The van der Waals surface area contributed by atoms with Gasteiger partial charge < -0.3 is 0 Å². The Morgan fingerprint density at radius 1 is 1.44 bits per heavy atom. The van der Waals surface area contributed by atoms with Crippen molar-refractivity contribution < 1.29 is 8.42 Å². The van der Waals surface area contributed by atoms with Gasteiger partial charge in [-0.15, -0.1) is 0 Å². The minimum absolute atomic E-state index is 0.210. The summed E-state index contributed by atoms with van der Waals surface area (Å²) in [5.41, 5.74) is -0.493. The number of nitrogens with zero attached hydrogens (tertiary/aromatic N) is 1. The van der Waals surface area contributed by atoms with Gasteiger partial charge in [-0.2, -0.15) is 17.0 Å². The van der Waals surface area contributed by atoms with Gasteiger partial charge >= 0.3 is 0 Å². The highest BCUT2D eigenvalue weighted by atomic mass is 32.2. The Labute approximate surface area is 103 Å². The molecule has 0 radical (unpaired) electrons. The molecule has 0 amide bonds. The summed E-state index contributed by atoms with van der Waals surface area (Å²) in [6.07, 6.45) is 1.97. The van der Waals surface area contributed by atoms with Crippen LogP contribution in [0.4, 0.5) is 0 Å². The van der Waals surface area contributed by atoms with Crippen molar-refractivity contribution >= 4 is 21.6 Å². The van der Waals surface area contributed by atoms with E-state index < -0.39 is 15.4 Å². The van der Waals surface area contributed by atoms with Gasteiger partial charge in [0.15, 0.2) is 0 Å². The van der Waals surface area contributed by atoms with Crippen LogP contribution in [0.25, 0.3) is 0 Å². The summed E-state index contributed by atoms with van der Waals surface area (Å²) in [7, 11) is -2.86. The van der Waals surface area contributed by atoms with Crippen LogP contribution in [0.3, 0.4) is 0 Å². The first kappa shape index (κ1) is 15.8. The van der Waals surface area contributed by atoms with Crippen molar-refractivity contribution in [2.24, 2.45) is 0 Å². The van der Waals surface area contributed by atoms with Crippen LogP contribution < -0.4 is 5.32 Å². The predicted octanol–water partition coefficient (Wildman–Crippen LogP) is 1.05. The molecule has 4 nitrogen and oxygen atoms in total. The minimum atomic E-state index is -2.86. The van der Waals surface area contributed by atoms with E-state index in [0.717, 1.165) is 18.7 Å². The molecule has 0 aliphatic carbocycles. The summed E-state index contributed by atoms with van der Waals surface area (Å²) < 4.78 is 21.7. The Hall–Kier alpha value is -0.250. The van der Waals surface area contributed by atoms with Crippen LogP contribution in [0, 0.1) is 11.3 Å². The number of sulfone groups is 1. The lowest BCUT2D eigenvalue weighted by Gasteiger charge is -2.21. The molecular formula is C10H20N2O2S2. The van der Waals surface area contributed by atoms with Gasteiger partial charge in [0.25, 0.3) is 0 Å². The summed E-state index contributed by atoms with van der Waals surface area (Å²) in [5, 5.41) is 12.1. The Balaban J connectivity index is 3.77. The van der Waals surface area contributed by atoms with E-state index in [-0.39, 0.29) is 5.75 Å². The van der Waals surface area contributed by atoms with E-state index in [1.54, 1.807) is 11.8 Å². The average Bonchev–Trinajstić information content (AvgIpc) is 2.16. The molecule has 0 saturated carbocycles. The Morgan fingerprint density at radius 2 is 2.06 bits per heavy atom. The molecule has 0 aromatic heterocycles. The van der Waals surface area contributed by atoms with Crippen LogP contribution in [-0.4, -0.2) is 44.0 Å². The van der Waals surface area contributed by atoms with Gasteiger partial charge in [0.05, 0.1) is 11.8 Å². The maximum atomic E-state index is 10.9. The maximum Gasteiger partial charge on any atom is 0.148 e. The molecule has 94 valence electrons. The second kappa shape index (κ2) is 7.15. The van der Waals surface area contributed by atoms with Gasteiger partial charge in [0.1, 0.15) is 15.4 Å². The standard InChI is InChI=1S/C10H20N2O2S2/c1-4-12-10(2,9-11)5-6-15-7-8-16(3,13)14/h12H,4-8H2,1-3H3. The molecule has 0 bridgehead atoms. The van der Waals surface area contributed by atoms with Crippen molar-refractivity contribution in [1.82, 2.24) is 5.32 Å². The van der Waals surface area contributed by atoms with Crippen LogP contribution in [0.1, 0.15) is 20.3 Å². The van der Waals surface area contributed by atoms with Crippen LogP contribution >= 0.6 is 11.8 Å². The quantitative estimate of drug-likeness (QED) is 0.664. The molecule has 1 unspecified atom stereocenters. The molecule has 0 aliphatic rings. The Kier molecular flexibility index (Phi) is 7.04. The second-order valence-corrected chi connectivity index (χ2v) is 7.45. The normalized spacial score (nSPS) is 15.4. The summed E-state index contributed by atoms with van der Waals surface area (Å²) >= 11 is 1.58. The van der Waals surface area contributed by atoms with Crippen molar-refractivity contribution in [2.45, 2.75) is 25.8 Å². The smallest absolute Gasteiger partial charge is 0.148 e. The number of nitrogens with one attached hydrogen (secondary N) is 1. The third kappa shape index (κ3) is 7.97. The van der Waals surface area contributed by atoms with Crippen LogP contribution in [-0.2, 0) is 9.84 Å². The molecule has 6 heteroatoms. The predicted molar refractivity (Wildman–Crippen MR) is 69.3 cm³/mol. The number of thioether (sulfide) groups is 1. The van der Waals surface area contributed by atoms with Gasteiger partial charge in [-0.25, -0.2) is 8.42 Å². The molecule has 0 spiro atoms. The van der Waals surface area contributed by atoms with Crippen LogP contribution in [0.5, 0.6) is 0 Å². The van der Waals surface area contributed by atoms with Crippen LogP contribution in [0.2, 0.25) is 0 Å². The van der Waals surface area contributed by atoms with E-state index in [1.165, 1.54) is 6.26 Å². The van der Waals surface area contributed by atoms with Gasteiger partial charge in [-0.05, 0) is 25.6 Å². The van der Waals surface area contributed by atoms with Crippen LogP contribution in [0.15, 0.2) is 0 Å². The number of rotatable bonds is 8. The first-order chi connectivity index (χ1) is 7.33. The summed E-state index contributed by atoms with van der Waals surface area (Å²) in [6, 6.07) is 2.24. The molecule has 0 heterocycles. The summed E-state index contributed by atoms with van der Waals surface area (Å²) in [4.78, 5) is 0. The zero-order valence-corrected chi connectivity index (χ0v) is 11.7. The lowest BCUT2D eigenvalue weighted by molar-refractivity contribution is 0.450. The van der Waals surface area contributed by atoms with Gasteiger partial charge in [0.2, 0.25) is 0 Å². The first-order valence-corrected chi connectivity index (χ1v) is 8.46. The first-order valence-electron chi connectivity index (χ1n) is 5.25. The Morgan fingerprint density at radius 3 is 2.50 bits per heavy atom. The van der Waals surface area contributed by atoms with Gasteiger partial charge in [-0.3, -0.25) is 5.32 Å². The van der Waals surface area contributed by atoms with E-state index in [2.05, 4.69) is 11.4 Å². The average molecular weight is 264 g/mol. The summed E-state index contributed by atoms with van der Waals surface area (Å²) in [5.74, 6) is 1.61. The topological polar surface area (TPSA) is 70.0 Å². The monoisotopic (exact) mass is 264 g/mol. The zero-order chi connectivity index (χ0) is 12.7. The Bertz CT molecular complexity index is 335. The molecule has 0 saturated heterocycles. The van der Waals surface area contributed by atoms with Crippen molar-refractivity contribution in [3.63, 3.8) is 0 Å². The minimum Gasteiger partial charge on any atom is -0.300 e. The van der Waals surface area contributed by atoms with Crippen molar-refractivity contribution in [1.29, 1.82) is 5.26 Å². The molecule has 1 N–H and O–H groups in total. The SMILES string of the molecule is CCNC(C)(C#N)CCSCCS(C)(=O)=O. The fourth-order valence-electron chi connectivity index (χ4n) is 1.16. The molecule has 16 heavy (non-hydrogen) atoms. The van der Waals surface area contributed by atoms with Gasteiger partial charge in [0, 0.05) is 12.0 Å². The zero-order valence-electron chi connectivity index (χ0n) is 10.1. The molecule has 0 aromatic rings. The highest BCUT2D eigenvalue weighted by Crippen LogP contribution is 2.13. The fraction of sp³-hybridized carbons (Fsp3) is 0.900. The fourth-order valence-corrected chi connectivity index (χ4v) is 3.60. The number of hydrogen-bond donors (Lipinski definition) is 1. The van der Waals surface area contributed by atoms with Crippen molar-refractivity contribution in [3.8, 4) is 6.07 Å². The van der Waals surface area contributed by atoms with E-state index in [1.807, 2.05) is 13.8 Å². The molecule has 0 rings (SSSR count). The lowest BCUT2D eigenvalue weighted by Crippen LogP contribution is -2.41. The highest BCUT2D eigenvalue weighted by Gasteiger charge is 2.21. The van der Waals surface area contributed by atoms with E-state index in [9.17, 15) is 8.42 Å². The highest BCUT2D eigenvalue weighted by molar-refractivity contribution is 8.00. The lowest BCUT2D eigenvalue weighted by atomic mass is 10.0. The molecule has 0 aromatic carbocycles. The third-order valence-corrected chi connectivity index (χ3v) is 4.35. The largest absolute Gasteiger partial charge is 0.300 e. The second-order valence-electron chi connectivity index (χ2n) is 3.97. The number of nitriles is 1. The van der Waals surface area contributed by atoms with E-state index in [0.29, 0.717) is 5.75 Å². The molecule has 1 atom stereocenters. The van der Waals surface area contributed by atoms with Gasteiger partial charge in [-0.1, -0.05) is 6.92 Å². The number of hydrogen-bond acceptors (Lipinski definition) is 5. The summed E-state index contributed by atoms with van der Waals surface area (Å²) in [6.45, 7) is 4.60.